The average molecular weight is 373 g/mol. The number of carboxylic acids is 1. The van der Waals surface area contributed by atoms with Gasteiger partial charge < -0.3 is 14.6 Å². The number of benzene rings is 1. The lowest BCUT2D eigenvalue weighted by Gasteiger charge is -2.16. The first-order valence-electron chi connectivity index (χ1n) is 7.61. The lowest BCUT2D eigenvalue weighted by Crippen LogP contribution is -2.33. The molecule has 0 saturated carbocycles. The molecule has 0 aliphatic heterocycles. The Labute approximate surface area is 147 Å². The van der Waals surface area contributed by atoms with Crippen LogP contribution in [0.3, 0.4) is 0 Å². The van der Waals surface area contributed by atoms with Gasteiger partial charge in [0.05, 0.1) is 25.0 Å². The number of rotatable bonds is 9. The van der Waals surface area contributed by atoms with Crippen molar-refractivity contribution < 1.29 is 32.6 Å². The lowest BCUT2D eigenvalue weighted by molar-refractivity contribution is -0.142. The van der Waals surface area contributed by atoms with Gasteiger partial charge in [-0.25, -0.2) is 17.9 Å². The van der Waals surface area contributed by atoms with Crippen LogP contribution in [0.25, 0.3) is 0 Å². The van der Waals surface area contributed by atoms with Gasteiger partial charge >= 0.3 is 11.9 Å². The second kappa shape index (κ2) is 8.82. The number of hydrogen-bond donors (Lipinski definition) is 2. The lowest BCUT2D eigenvalue weighted by atomic mass is 9.98. The summed E-state index contributed by atoms with van der Waals surface area (Å²) in [6.07, 6.45) is 0.341. The third-order valence-corrected chi connectivity index (χ3v) is 4.93. The molecule has 1 unspecified atom stereocenters. The molecule has 0 radical (unpaired) electrons. The third kappa shape index (κ3) is 5.71. The fourth-order valence-electron chi connectivity index (χ4n) is 2.26. The molecule has 25 heavy (non-hydrogen) atoms. The first-order valence-corrected chi connectivity index (χ1v) is 9.09. The van der Waals surface area contributed by atoms with Crippen molar-refractivity contribution in [3.8, 4) is 5.75 Å². The number of methoxy groups -OCH3 is 2. The third-order valence-electron chi connectivity index (χ3n) is 3.51. The Kier molecular flexibility index (Phi) is 7.38. The molecule has 140 valence electrons. The van der Waals surface area contributed by atoms with Gasteiger partial charge in [0.15, 0.2) is 0 Å². The molecule has 0 fully saturated rings. The smallest absolute Gasteiger partial charge is 0.341 e. The van der Waals surface area contributed by atoms with E-state index in [0.717, 1.165) is 6.07 Å². The number of carboxylic acid groups (broad SMARTS) is 1. The SMILES string of the molecule is COC(=O)c1cc(S(=O)(=O)NCC(CC(C)C)C(=O)O)ccc1OC. The molecule has 0 heterocycles. The van der Waals surface area contributed by atoms with E-state index in [0.29, 0.717) is 6.42 Å². The standard InChI is InChI=1S/C16H23NO7S/c1-10(2)7-11(15(18)19)9-17-25(21,22)12-5-6-14(23-3)13(8-12)16(20)24-4/h5-6,8,10-11,17H,7,9H2,1-4H3,(H,18,19). The molecule has 1 rings (SSSR count). The Bertz CT molecular complexity index is 728. The number of nitrogens with one attached hydrogen (secondary N) is 1. The van der Waals surface area contributed by atoms with Crippen molar-refractivity contribution in [2.75, 3.05) is 20.8 Å². The van der Waals surface area contributed by atoms with Gasteiger partial charge in [-0.3, -0.25) is 4.79 Å². The normalized spacial score (nSPS) is 12.7. The molecule has 0 spiro atoms. The van der Waals surface area contributed by atoms with Crippen LogP contribution in [0.4, 0.5) is 0 Å². The topological polar surface area (TPSA) is 119 Å². The highest BCUT2D eigenvalue weighted by atomic mass is 32.2. The summed E-state index contributed by atoms with van der Waals surface area (Å²) in [5.41, 5.74) is -0.0372. The maximum Gasteiger partial charge on any atom is 0.341 e. The van der Waals surface area contributed by atoms with Gasteiger partial charge in [0.2, 0.25) is 10.0 Å². The number of hydrogen-bond acceptors (Lipinski definition) is 6. The molecule has 0 aliphatic carbocycles. The average Bonchev–Trinajstić information content (AvgIpc) is 2.56. The maximum atomic E-state index is 12.4. The first kappa shape index (κ1) is 20.9. The second-order valence-corrected chi connectivity index (χ2v) is 7.64. The minimum absolute atomic E-state index is 0.0372. The molecule has 0 bridgehead atoms. The van der Waals surface area contributed by atoms with E-state index < -0.39 is 27.9 Å². The van der Waals surface area contributed by atoms with Gasteiger partial charge in [-0.2, -0.15) is 0 Å². The van der Waals surface area contributed by atoms with Gasteiger partial charge in [0, 0.05) is 6.54 Å². The van der Waals surface area contributed by atoms with Crippen LogP contribution in [0.1, 0.15) is 30.6 Å². The number of carbonyl (C=O) groups excluding carboxylic acids is 1. The van der Waals surface area contributed by atoms with E-state index in [1.165, 1.54) is 26.4 Å². The van der Waals surface area contributed by atoms with Crippen LogP contribution in [0.15, 0.2) is 23.1 Å². The van der Waals surface area contributed by atoms with Gasteiger partial charge in [-0.1, -0.05) is 13.8 Å². The first-order chi connectivity index (χ1) is 11.6. The molecule has 0 amide bonds. The number of esters is 1. The molecule has 9 heteroatoms. The maximum absolute atomic E-state index is 12.4. The van der Waals surface area contributed by atoms with Crippen molar-refractivity contribution in [2.45, 2.75) is 25.2 Å². The highest BCUT2D eigenvalue weighted by Gasteiger charge is 2.24. The van der Waals surface area contributed by atoms with Gasteiger partial charge in [-0.05, 0) is 30.5 Å². The second-order valence-electron chi connectivity index (χ2n) is 5.87. The van der Waals surface area contributed by atoms with Crippen LogP contribution >= 0.6 is 0 Å². The Hall–Kier alpha value is -2.13. The molecule has 0 aliphatic rings. The van der Waals surface area contributed by atoms with E-state index in [1.807, 2.05) is 13.8 Å². The van der Waals surface area contributed by atoms with Crippen molar-refractivity contribution in [3.63, 3.8) is 0 Å². The minimum atomic E-state index is -3.99. The summed E-state index contributed by atoms with van der Waals surface area (Å²) in [6, 6.07) is 3.74. The van der Waals surface area contributed by atoms with Crippen LogP contribution in [-0.4, -0.2) is 46.2 Å². The van der Waals surface area contributed by atoms with Gasteiger partial charge in [0.1, 0.15) is 11.3 Å². The molecule has 0 aromatic heterocycles. The number of aliphatic carboxylic acids is 1. The Balaban J connectivity index is 3.05. The van der Waals surface area contributed by atoms with Crippen LogP contribution in [0.5, 0.6) is 5.75 Å². The van der Waals surface area contributed by atoms with E-state index in [4.69, 9.17) is 4.74 Å². The predicted octanol–water partition coefficient (Wildman–Crippen LogP) is 1.51. The number of ether oxygens (including phenoxy) is 2. The zero-order valence-corrected chi connectivity index (χ0v) is 15.4. The summed E-state index contributed by atoms with van der Waals surface area (Å²) in [7, 11) is -1.47. The van der Waals surface area contributed by atoms with Gasteiger partial charge in [-0.15, -0.1) is 0 Å². The molecular weight excluding hydrogens is 350 g/mol. The fourth-order valence-corrected chi connectivity index (χ4v) is 3.37. The highest BCUT2D eigenvalue weighted by molar-refractivity contribution is 7.89. The van der Waals surface area contributed by atoms with Crippen molar-refractivity contribution in [1.29, 1.82) is 0 Å². The van der Waals surface area contributed by atoms with E-state index in [-0.39, 0.29) is 28.7 Å². The zero-order valence-electron chi connectivity index (χ0n) is 14.6. The highest BCUT2D eigenvalue weighted by Crippen LogP contribution is 2.23. The Morgan fingerprint density at radius 3 is 2.36 bits per heavy atom. The van der Waals surface area contributed by atoms with Crippen LogP contribution < -0.4 is 9.46 Å². The molecular formula is C16H23NO7S. The van der Waals surface area contributed by atoms with Crippen molar-refractivity contribution >= 4 is 22.0 Å². The summed E-state index contributed by atoms with van der Waals surface area (Å²) in [5, 5.41) is 9.19. The number of sulfonamides is 1. The summed E-state index contributed by atoms with van der Waals surface area (Å²) >= 11 is 0. The van der Waals surface area contributed by atoms with E-state index in [2.05, 4.69) is 9.46 Å². The van der Waals surface area contributed by atoms with Crippen molar-refractivity contribution in [3.05, 3.63) is 23.8 Å². The zero-order chi connectivity index (χ0) is 19.2. The summed E-state index contributed by atoms with van der Waals surface area (Å²) in [4.78, 5) is 22.8. The summed E-state index contributed by atoms with van der Waals surface area (Å²) in [5.74, 6) is -2.36. The Morgan fingerprint density at radius 2 is 1.88 bits per heavy atom. The quantitative estimate of drug-likeness (QED) is 0.630. The monoisotopic (exact) mass is 373 g/mol. The van der Waals surface area contributed by atoms with Crippen molar-refractivity contribution in [1.82, 2.24) is 4.72 Å². The molecule has 2 N–H and O–H groups in total. The number of carbonyl (C=O) groups is 2. The van der Waals surface area contributed by atoms with Crippen LogP contribution in [0, 0.1) is 11.8 Å². The predicted molar refractivity (Wildman–Crippen MR) is 90.1 cm³/mol. The fraction of sp³-hybridized carbons (Fsp3) is 0.500. The summed E-state index contributed by atoms with van der Waals surface area (Å²) in [6.45, 7) is 3.47. The minimum Gasteiger partial charge on any atom is -0.496 e. The van der Waals surface area contributed by atoms with Crippen molar-refractivity contribution in [2.24, 2.45) is 11.8 Å². The van der Waals surface area contributed by atoms with E-state index in [1.54, 1.807) is 0 Å². The van der Waals surface area contributed by atoms with E-state index >= 15 is 0 Å². The molecule has 1 aromatic carbocycles. The Morgan fingerprint density at radius 1 is 1.24 bits per heavy atom. The molecule has 0 saturated heterocycles. The van der Waals surface area contributed by atoms with Crippen LogP contribution in [0.2, 0.25) is 0 Å². The van der Waals surface area contributed by atoms with Crippen LogP contribution in [-0.2, 0) is 19.6 Å². The summed E-state index contributed by atoms with van der Waals surface area (Å²) < 4.78 is 36.7. The molecule has 1 atom stereocenters. The largest absolute Gasteiger partial charge is 0.496 e. The van der Waals surface area contributed by atoms with E-state index in [9.17, 15) is 23.1 Å². The molecule has 8 nitrogen and oxygen atoms in total. The molecule has 1 aromatic rings. The van der Waals surface area contributed by atoms with Gasteiger partial charge in [0.25, 0.3) is 0 Å².